The van der Waals surface area contributed by atoms with Crippen molar-refractivity contribution in [3.05, 3.63) is 35.9 Å². The van der Waals surface area contributed by atoms with Crippen molar-refractivity contribution >= 4 is 17.4 Å². The fraction of sp³-hybridized carbons (Fsp3) is 0.438. The average molecular weight is 394 g/mol. The zero-order valence-corrected chi connectivity index (χ0v) is 15.1. The number of hydrogen-bond acceptors (Lipinski definition) is 6. The molecule has 148 valence electrons. The molecule has 1 N–H and O–H groups in total. The van der Waals surface area contributed by atoms with E-state index in [-0.39, 0.29) is 23.4 Å². The summed E-state index contributed by atoms with van der Waals surface area (Å²) in [6.07, 6.45) is -1.14. The quantitative estimate of drug-likeness (QED) is 0.708. The second-order valence-corrected chi connectivity index (χ2v) is 6.66. The molecule has 0 saturated carbocycles. The number of alkyl halides is 3. The van der Waals surface area contributed by atoms with Gasteiger partial charge in [0.15, 0.2) is 5.65 Å². The summed E-state index contributed by atoms with van der Waals surface area (Å²) in [7, 11) is 3.34. The largest absolute Gasteiger partial charge is 0.453 e. The van der Waals surface area contributed by atoms with Crippen LogP contribution in [0.5, 0.6) is 0 Å². The zero-order chi connectivity index (χ0) is 20.1. The number of carbonyl (C=O) groups is 1. The summed E-state index contributed by atoms with van der Waals surface area (Å²) in [5, 5.41) is 17.6. The van der Waals surface area contributed by atoms with Gasteiger partial charge in [0.25, 0.3) is 5.82 Å². The van der Waals surface area contributed by atoms with Crippen LogP contribution in [0.3, 0.4) is 0 Å². The Hall–Kier alpha value is -3.18. The maximum absolute atomic E-state index is 13.1. The Morgan fingerprint density at radius 3 is 2.68 bits per heavy atom. The predicted octanol–water partition coefficient (Wildman–Crippen LogP) is 0.843. The fourth-order valence-electron chi connectivity index (χ4n) is 3.54. The van der Waals surface area contributed by atoms with Gasteiger partial charge in [-0.25, -0.2) is 0 Å². The third-order valence-corrected chi connectivity index (χ3v) is 4.88. The van der Waals surface area contributed by atoms with Crippen molar-refractivity contribution in [1.29, 1.82) is 0 Å². The Labute approximate surface area is 157 Å². The fourth-order valence-corrected chi connectivity index (χ4v) is 3.54. The highest BCUT2D eigenvalue weighted by Crippen LogP contribution is 2.35. The maximum atomic E-state index is 13.1. The van der Waals surface area contributed by atoms with Crippen molar-refractivity contribution in [2.24, 2.45) is 13.0 Å². The number of rotatable bonds is 3. The summed E-state index contributed by atoms with van der Waals surface area (Å²) in [6, 6.07) is 3.01. The molecule has 0 bridgehead atoms. The van der Waals surface area contributed by atoms with Gasteiger partial charge in [0.05, 0.1) is 12.1 Å². The lowest BCUT2D eigenvalue weighted by Gasteiger charge is -2.17. The molecule has 0 radical (unpaired) electrons. The number of aromatic nitrogens is 6. The summed E-state index contributed by atoms with van der Waals surface area (Å²) in [5.41, 5.74) is 0.891. The minimum Gasteiger partial charge on any atom is -0.359 e. The minimum atomic E-state index is -4.67. The van der Waals surface area contributed by atoms with Crippen LogP contribution in [0.4, 0.5) is 19.0 Å². The summed E-state index contributed by atoms with van der Waals surface area (Å²) in [6.45, 7) is 0.743. The lowest BCUT2D eigenvalue weighted by molar-refractivity contribution is -0.146. The third kappa shape index (κ3) is 3.04. The Morgan fingerprint density at radius 2 is 2.04 bits per heavy atom. The van der Waals surface area contributed by atoms with E-state index in [1.165, 1.54) is 6.07 Å². The summed E-state index contributed by atoms with van der Waals surface area (Å²) < 4.78 is 41.7. The molecule has 9 nitrogen and oxygen atoms in total. The van der Waals surface area contributed by atoms with Crippen molar-refractivity contribution < 1.29 is 18.0 Å². The van der Waals surface area contributed by atoms with E-state index in [1.807, 2.05) is 6.20 Å². The normalized spacial score (nSPS) is 20.1. The second-order valence-electron chi connectivity index (χ2n) is 6.66. The number of nitrogens with one attached hydrogen (secondary N) is 1. The lowest BCUT2D eigenvalue weighted by Crippen LogP contribution is -2.32. The van der Waals surface area contributed by atoms with E-state index >= 15 is 0 Å². The number of carbonyl (C=O) groups excluding carboxylic acids is 1. The van der Waals surface area contributed by atoms with Crippen LogP contribution in [0.1, 0.15) is 17.3 Å². The Balaban J connectivity index is 1.70. The third-order valence-electron chi connectivity index (χ3n) is 4.88. The summed E-state index contributed by atoms with van der Waals surface area (Å²) in [4.78, 5) is 14.2. The molecular formula is C16H17F3N8O. The molecule has 4 heterocycles. The second kappa shape index (κ2) is 6.46. The predicted molar refractivity (Wildman–Crippen MR) is 91.5 cm³/mol. The van der Waals surface area contributed by atoms with Gasteiger partial charge in [-0.05, 0) is 17.7 Å². The highest BCUT2D eigenvalue weighted by atomic mass is 19.4. The number of amides is 1. The number of nitrogens with zero attached hydrogens (tertiary/aromatic N) is 7. The van der Waals surface area contributed by atoms with E-state index in [9.17, 15) is 18.0 Å². The molecule has 3 aromatic rings. The van der Waals surface area contributed by atoms with Crippen LogP contribution in [0.15, 0.2) is 24.5 Å². The number of anilines is 1. The minimum absolute atomic E-state index is 0.00179. The van der Waals surface area contributed by atoms with Crippen LogP contribution in [-0.4, -0.2) is 55.6 Å². The highest BCUT2D eigenvalue weighted by molar-refractivity contribution is 5.81. The van der Waals surface area contributed by atoms with Gasteiger partial charge < -0.3 is 10.2 Å². The molecule has 0 spiro atoms. The molecule has 1 aliphatic rings. The maximum Gasteiger partial charge on any atom is 0.453 e. The number of fused-ring (bicyclic) bond motifs is 1. The summed E-state index contributed by atoms with van der Waals surface area (Å²) >= 11 is 0. The van der Waals surface area contributed by atoms with Crippen LogP contribution in [0.2, 0.25) is 0 Å². The molecule has 0 aromatic carbocycles. The first kappa shape index (κ1) is 18.2. The molecule has 1 amide bonds. The summed E-state index contributed by atoms with van der Waals surface area (Å²) in [5.74, 6) is -1.55. The van der Waals surface area contributed by atoms with E-state index in [4.69, 9.17) is 0 Å². The average Bonchev–Trinajstić information content (AvgIpc) is 3.36. The molecule has 4 rings (SSSR count). The van der Waals surface area contributed by atoms with Crippen molar-refractivity contribution in [3.63, 3.8) is 0 Å². The monoisotopic (exact) mass is 394 g/mol. The van der Waals surface area contributed by atoms with E-state index in [0.717, 1.165) is 5.56 Å². The van der Waals surface area contributed by atoms with E-state index in [0.29, 0.717) is 23.4 Å². The molecule has 3 aromatic heterocycles. The van der Waals surface area contributed by atoms with E-state index in [1.54, 1.807) is 35.9 Å². The van der Waals surface area contributed by atoms with Crippen molar-refractivity contribution in [2.75, 3.05) is 25.0 Å². The van der Waals surface area contributed by atoms with Crippen LogP contribution < -0.4 is 10.2 Å². The molecule has 28 heavy (non-hydrogen) atoms. The van der Waals surface area contributed by atoms with Gasteiger partial charge in [0.1, 0.15) is 5.82 Å². The zero-order valence-electron chi connectivity index (χ0n) is 15.1. The van der Waals surface area contributed by atoms with Crippen LogP contribution in [0.25, 0.3) is 5.65 Å². The topological polar surface area (TPSA) is 93.2 Å². The number of hydrogen-bond donors (Lipinski definition) is 1. The first-order chi connectivity index (χ1) is 13.3. The smallest absolute Gasteiger partial charge is 0.359 e. The van der Waals surface area contributed by atoms with E-state index in [2.05, 4.69) is 25.7 Å². The standard InChI is InChI=1S/C16H17F3N8O/c1-20-14(28)11-8-26(7-10(11)9-5-21-25(2)6-9)13-4-3-12-22-23-15(16(17,18)19)27(12)24-13/h3-6,10-11H,7-8H2,1-2H3,(H,20,28)/t10-,11+/m1/s1. The SMILES string of the molecule is CNC(=O)[C@H]1CN(c2ccc3nnc(C(F)(F)F)n3n2)C[C@@H]1c1cnn(C)c1. The molecule has 2 atom stereocenters. The van der Waals surface area contributed by atoms with Gasteiger partial charge in [0.2, 0.25) is 5.91 Å². The van der Waals surface area contributed by atoms with Gasteiger partial charge in [-0.1, -0.05) is 0 Å². The Kier molecular flexibility index (Phi) is 4.20. The first-order valence-electron chi connectivity index (χ1n) is 8.52. The molecule has 0 unspecified atom stereocenters. The van der Waals surface area contributed by atoms with Crippen molar-refractivity contribution in [1.82, 2.24) is 34.9 Å². The van der Waals surface area contributed by atoms with Crippen molar-refractivity contribution in [2.45, 2.75) is 12.1 Å². The molecule has 1 saturated heterocycles. The molecule has 1 aliphatic heterocycles. The molecule has 0 aliphatic carbocycles. The van der Waals surface area contributed by atoms with E-state index < -0.39 is 12.0 Å². The van der Waals surface area contributed by atoms with Gasteiger partial charge >= 0.3 is 6.18 Å². The van der Waals surface area contributed by atoms with Gasteiger partial charge in [-0.2, -0.15) is 22.8 Å². The lowest BCUT2D eigenvalue weighted by atomic mass is 9.90. The molecular weight excluding hydrogens is 377 g/mol. The number of halogens is 3. The first-order valence-corrected chi connectivity index (χ1v) is 8.52. The molecule has 12 heteroatoms. The Morgan fingerprint density at radius 1 is 1.25 bits per heavy atom. The molecule has 1 fully saturated rings. The van der Waals surface area contributed by atoms with Gasteiger partial charge in [0, 0.05) is 39.3 Å². The highest BCUT2D eigenvalue weighted by Gasteiger charge is 2.40. The van der Waals surface area contributed by atoms with Crippen molar-refractivity contribution in [3.8, 4) is 0 Å². The number of aryl methyl sites for hydroxylation is 1. The van der Waals surface area contributed by atoms with Gasteiger partial charge in [-0.15, -0.1) is 15.3 Å². The van der Waals surface area contributed by atoms with Crippen LogP contribution in [0, 0.1) is 5.92 Å². The van der Waals surface area contributed by atoms with Gasteiger partial charge in [-0.3, -0.25) is 9.48 Å². The van der Waals surface area contributed by atoms with Crippen LogP contribution >= 0.6 is 0 Å². The Bertz CT molecular complexity index is 1030. The van der Waals surface area contributed by atoms with Crippen LogP contribution in [-0.2, 0) is 18.0 Å².